The number of H-pyrrole nitrogens is 1. The van der Waals surface area contributed by atoms with E-state index >= 15 is 0 Å². The van der Waals surface area contributed by atoms with Crippen LogP contribution in [0.25, 0.3) is 10.9 Å². The Bertz CT molecular complexity index is 863. The number of aromatic nitrogens is 1. The van der Waals surface area contributed by atoms with Crippen LogP contribution in [0.3, 0.4) is 0 Å². The monoisotopic (exact) mass is 482 g/mol. The lowest BCUT2D eigenvalue weighted by molar-refractivity contribution is -0.138. The second-order valence-electron chi connectivity index (χ2n) is 7.70. The molecule has 0 radical (unpaired) electrons. The third kappa shape index (κ3) is 2.85. The summed E-state index contributed by atoms with van der Waals surface area (Å²) in [7, 11) is 0. The second kappa shape index (κ2) is 6.95. The van der Waals surface area contributed by atoms with Crippen LogP contribution < -0.4 is 0 Å². The SMILES string of the molecule is CC[C@]1(CCC(=O)O)CCCN2CCc3c([nH]c4ccc(Br)c(Br)c34)[C@@H]21. The number of carboxylic acid groups (broad SMARTS) is 1. The van der Waals surface area contributed by atoms with Gasteiger partial charge < -0.3 is 10.1 Å². The second-order valence-corrected chi connectivity index (χ2v) is 9.35. The fourth-order valence-electron chi connectivity index (χ4n) is 5.24. The third-order valence-corrected chi connectivity index (χ3v) is 8.54. The van der Waals surface area contributed by atoms with Crippen LogP contribution in [0.2, 0.25) is 0 Å². The van der Waals surface area contributed by atoms with Gasteiger partial charge in [-0.05, 0) is 93.6 Å². The molecule has 4 nitrogen and oxygen atoms in total. The maximum Gasteiger partial charge on any atom is 0.303 e. The summed E-state index contributed by atoms with van der Waals surface area (Å²) in [6.07, 6.45) is 5.33. The summed E-state index contributed by atoms with van der Waals surface area (Å²) >= 11 is 7.40. The lowest BCUT2D eigenvalue weighted by Gasteiger charge is -2.52. The van der Waals surface area contributed by atoms with Crippen molar-refractivity contribution in [1.29, 1.82) is 0 Å². The molecular weight excluding hydrogens is 460 g/mol. The first-order valence-electron chi connectivity index (χ1n) is 9.41. The van der Waals surface area contributed by atoms with Crippen molar-refractivity contribution in [1.82, 2.24) is 9.88 Å². The quantitative estimate of drug-likeness (QED) is 0.590. The largest absolute Gasteiger partial charge is 0.481 e. The maximum atomic E-state index is 11.3. The summed E-state index contributed by atoms with van der Waals surface area (Å²) in [4.78, 5) is 17.6. The van der Waals surface area contributed by atoms with Gasteiger partial charge in [0.2, 0.25) is 0 Å². The predicted molar refractivity (Wildman–Crippen MR) is 111 cm³/mol. The lowest BCUT2D eigenvalue weighted by atomic mass is 9.65. The van der Waals surface area contributed by atoms with Gasteiger partial charge in [0.25, 0.3) is 0 Å². The average Bonchev–Trinajstić information content (AvgIpc) is 3.02. The first kappa shape index (κ1) is 18.5. The molecule has 1 aromatic carbocycles. The number of nitrogens with one attached hydrogen (secondary N) is 1. The van der Waals surface area contributed by atoms with E-state index in [0.29, 0.717) is 6.04 Å². The number of benzene rings is 1. The molecular formula is C20H24Br2N2O2. The Labute approximate surface area is 170 Å². The Morgan fingerprint density at radius 2 is 2.19 bits per heavy atom. The summed E-state index contributed by atoms with van der Waals surface area (Å²) in [5.41, 5.74) is 3.93. The van der Waals surface area contributed by atoms with Crippen molar-refractivity contribution >= 4 is 48.7 Å². The molecule has 3 heterocycles. The first-order chi connectivity index (χ1) is 12.5. The van der Waals surface area contributed by atoms with E-state index in [1.807, 2.05) is 0 Å². The zero-order valence-electron chi connectivity index (χ0n) is 14.9. The van der Waals surface area contributed by atoms with Gasteiger partial charge >= 0.3 is 5.97 Å². The zero-order chi connectivity index (χ0) is 18.5. The van der Waals surface area contributed by atoms with Gasteiger partial charge in [0.15, 0.2) is 0 Å². The van der Waals surface area contributed by atoms with E-state index in [9.17, 15) is 9.90 Å². The van der Waals surface area contributed by atoms with Crippen LogP contribution in [0, 0.1) is 5.41 Å². The minimum absolute atomic E-state index is 0.0381. The lowest BCUT2D eigenvalue weighted by Crippen LogP contribution is -2.49. The summed E-state index contributed by atoms with van der Waals surface area (Å²) in [5.74, 6) is -0.686. The highest BCUT2D eigenvalue weighted by atomic mass is 79.9. The molecule has 1 fully saturated rings. The van der Waals surface area contributed by atoms with E-state index in [1.54, 1.807) is 0 Å². The van der Waals surface area contributed by atoms with Gasteiger partial charge in [-0.2, -0.15) is 0 Å². The van der Waals surface area contributed by atoms with E-state index in [1.165, 1.54) is 22.2 Å². The first-order valence-corrected chi connectivity index (χ1v) is 11.0. The van der Waals surface area contributed by atoms with Crippen LogP contribution in [0.4, 0.5) is 0 Å². The van der Waals surface area contributed by atoms with E-state index in [0.717, 1.165) is 54.1 Å². The molecule has 1 saturated heterocycles. The van der Waals surface area contributed by atoms with E-state index < -0.39 is 5.97 Å². The van der Waals surface area contributed by atoms with Crippen LogP contribution in [0.15, 0.2) is 21.1 Å². The number of piperidine rings is 1. The normalized spacial score (nSPS) is 25.9. The Hall–Kier alpha value is -0.850. The van der Waals surface area contributed by atoms with Crippen LogP contribution in [0.5, 0.6) is 0 Å². The van der Waals surface area contributed by atoms with E-state index in [4.69, 9.17) is 0 Å². The van der Waals surface area contributed by atoms with Crippen molar-refractivity contribution in [3.8, 4) is 0 Å². The molecule has 2 aliphatic heterocycles. The Morgan fingerprint density at radius 1 is 1.38 bits per heavy atom. The van der Waals surface area contributed by atoms with Crippen molar-refractivity contribution < 1.29 is 9.90 Å². The Morgan fingerprint density at radius 3 is 2.92 bits per heavy atom. The zero-order valence-corrected chi connectivity index (χ0v) is 18.1. The van der Waals surface area contributed by atoms with Gasteiger partial charge in [0.05, 0.1) is 6.04 Å². The van der Waals surface area contributed by atoms with Crippen molar-refractivity contribution in [2.75, 3.05) is 13.1 Å². The third-order valence-electron chi connectivity index (χ3n) is 6.52. The van der Waals surface area contributed by atoms with E-state index in [-0.39, 0.29) is 11.8 Å². The molecule has 1 aromatic heterocycles. The smallest absolute Gasteiger partial charge is 0.303 e. The summed E-state index contributed by atoms with van der Waals surface area (Å²) < 4.78 is 2.19. The molecule has 0 unspecified atom stereocenters. The predicted octanol–water partition coefficient (Wildman–Crippen LogP) is 5.65. The molecule has 2 atom stereocenters. The number of aliphatic carboxylic acids is 1. The van der Waals surface area contributed by atoms with Crippen LogP contribution in [-0.2, 0) is 11.2 Å². The Balaban J connectivity index is 1.86. The molecule has 4 rings (SSSR count). The number of hydrogen-bond donors (Lipinski definition) is 2. The van der Waals surface area contributed by atoms with Gasteiger partial charge in [-0.1, -0.05) is 6.92 Å². The van der Waals surface area contributed by atoms with Crippen molar-refractivity contribution in [3.63, 3.8) is 0 Å². The molecule has 2 aliphatic rings. The fourth-order valence-corrected chi connectivity index (χ4v) is 6.15. The molecule has 0 aliphatic carbocycles. The average molecular weight is 484 g/mol. The number of rotatable bonds is 4. The fraction of sp³-hybridized carbons (Fsp3) is 0.550. The molecule has 0 spiro atoms. The molecule has 2 aromatic rings. The molecule has 140 valence electrons. The number of halogens is 2. The summed E-state index contributed by atoms with van der Waals surface area (Å²) in [5, 5.41) is 10.6. The minimum atomic E-state index is -0.686. The van der Waals surface area contributed by atoms with Gasteiger partial charge in [-0.15, -0.1) is 0 Å². The molecule has 2 N–H and O–H groups in total. The number of carboxylic acids is 1. The van der Waals surface area contributed by atoms with Gasteiger partial charge in [0.1, 0.15) is 0 Å². The molecule has 0 bridgehead atoms. The van der Waals surface area contributed by atoms with Crippen LogP contribution >= 0.6 is 31.9 Å². The minimum Gasteiger partial charge on any atom is -0.481 e. The molecule has 6 heteroatoms. The van der Waals surface area contributed by atoms with Crippen molar-refractivity contribution in [2.24, 2.45) is 5.41 Å². The highest BCUT2D eigenvalue weighted by molar-refractivity contribution is 9.13. The van der Waals surface area contributed by atoms with Gasteiger partial charge in [-0.3, -0.25) is 9.69 Å². The standard InChI is InChI=1S/C20H24Br2N2O2/c1-2-20(9-6-15(25)26)8-3-10-24-11-7-12-16-14(23-18(12)19(20)24)5-4-13(21)17(16)22/h4-5,19,23H,2-3,6-11H2,1H3,(H,25,26)/t19-,20-/m1/s1. The van der Waals surface area contributed by atoms with Gasteiger partial charge in [-0.25, -0.2) is 0 Å². The van der Waals surface area contributed by atoms with E-state index in [2.05, 4.69) is 60.8 Å². The number of hydrogen-bond acceptors (Lipinski definition) is 2. The highest BCUT2D eigenvalue weighted by Crippen LogP contribution is 2.54. The number of fused-ring (bicyclic) bond motifs is 5. The Kier molecular flexibility index (Phi) is 4.95. The summed E-state index contributed by atoms with van der Waals surface area (Å²) in [6.45, 7) is 4.40. The molecule has 0 saturated carbocycles. The number of aromatic amines is 1. The number of carbonyl (C=O) groups is 1. The highest BCUT2D eigenvalue weighted by Gasteiger charge is 2.47. The van der Waals surface area contributed by atoms with Crippen LogP contribution in [0.1, 0.15) is 56.3 Å². The van der Waals surface area contributed by atoms with Crippen molar-refractivity contribution in [2.45, 2.75) is 51.5 Å². The topological polar surface area (TPSA) is 56.3 Å². The van der Waals surface area contributed by atoms with Gasteiger partial charge in [0, 0.05) is 38.5 Å². The van der Waals surface area contributed by atoms with Crippen LogP contribution in [-0.4, -0.2) is 34.0 Å². The molecule has 0 amide bonds. The molecule has 26 heavy (non-hydrogen) atoms. The summed E-state index contributed by atoms with van der Waals surface area (Å²) in [6, 6.07) is 4.51. The maximum absolute atomic E-state index is 11.3. The van der Waals surface area contributed by atoms with Crippen molar-refractivity contribution in [3.05, 3.63) is 32.3 Å². The number of nitrogens with zero attached hydrogens (tertiary/aromatic N) is 1.